The molecule has 1 rings (SSSR count). The van der Waals surface area contributed by atoms with Gasteiger partial charge < -0.3 is 20.2 Å². The summed E-state index contributed by atoms with van der Waals surface area (Å²) >= 11 is 0. The number of ether oxygens (including phenoxy) is 2. The number of hydrazine groups is 1. The molecule has 1 aromatic rings. The van der Waals surface area contributed by atoms with E-state index in [-0.39, 0.29) is 6.10 Å². The van der Waals surface area contributed by atoms with Gasteiger partial charge in [-0.1, -0.05) is 19.6 Å². The SMILES string of the molecule is C=C(C)\C(=C/C=C(C)/C(NNC)=C(/CC)CNc1nccc(OC(C)C)n1)OC. The van der Waals surface area contributed by atoms with Gasteiger partial charge in [-0.3, -0.25) is 0 Å². The van der Waals surface area contributed by atoms with Crippen molar-refractivity contribution in [3.05, 3.63) is 59.2 Å². The second kappa shape index (κ2) is 12.6. The van der Waals surface area contributed by atoms with Crippen LogP contribution in [0, 0.1) is 0 Å². The monoisotopic (exact) mass is 401 g/mol. The standard InChI is InChI=1S/C22H35N5O2/c1-9-18(14-25-22-24-13-12-20(26-22)29-16(4)5)21(27-23-7)17(6)10-11-19(28-8)15(2)3/h10-13,16,23,27H,2,9,14H2,1,3-8H3,(H,24,25,26)/b17-10+,19-11+,21-18+. The van der Waals surface area contributed by atoms with Gasteiger partial charge in [0.05, 0.1) is 18.9 Å². The van der Waals surface area contributed by atoms with Crippen LogP contribution in [0.4, 0.5) is 5.95 Å². The van der Waals surface area contributed by atoms with Crippen LogP contribution in [0.3, 0.4) is 0 Å². The van der Waals surface area contributed by atoms with Crippen LogP contribution in [0.25, 0.3) is 0 Å². The minimum Gasteiger partial charge on any atom is -0.497 e. The smallest absolute Gasteiger partial charge is 0.226 e. The predicted octanol–water partition coefficient (Wildman–Crippen LogP) is 4.12. The number of rotatable bonds is 12. The molecule has 160 valence electrons. The third kappa shape index (κ3) is 8.39. The Morgan fingerprint density at radius 2 is 2.00 bits per heavy atom. The highest BCUT2D eigenvalue weighted by Crippen LogP contribution is 2.17. The van der Waals surface area contributed by atoms with E-state index < -0.39 is 0 Å². The van der Waals surface area contributed by atoms with E-state index in [1.165, 1.54) is 5.57 Å². The fraction of sp³-hybridized carbons (Fsp3) is 0.455. The summed E-state index contributed by atoms with van der Waals surface area (Å²) < 4.78 is 11.0. The Bertz CT molecular complexity index is 766. The number of nitrogens with zero attached hydrogens (tertiary/aromatic N) is 2. The first-order valence-corrected chi connectivity index (χ1v) is 9.79. The molecule has 0 atom stereocenters. The van der Waals surface area contributed by atoms with E-state index in [4.69, 9.17) is 9.47 Å². The van der Waals surface area contributed by atoms with Crippen LogP contribution in [0.15, 0.2) is 59.2 Å². The van der Waals surface area contributed by atoms with E-state index in [0.29, 0.717) is 18.4 Å². The van der Waals surface area contributed by atoms with Gasteiger partial charge in [0, 0.05) is 25.9 Å². The summed E-state index contributed by atoms with van der Waals surface area (Å²) in [5.41, 5.74) is 10.4. The Kier molecular flexibility index (Phi) is 10.5. The molecule has 0 aromatic carbocycles. The molecular weight excluding hydrogens is 366 g/mol. The van der Waals surface area contributed by atoms with E-state index in [9.17, 15) is 0 Å². The molecule has 1 heterocycles. The van der Waals surface area contributed by atoms with Gasteiger partial charge in [0.1, 0.15) is 5.76 Å². The lowest BCUT2D eigenvalue weighted by Gasteiger charge is -2.17. The second-order valence-corrected chi connectivity index (χ2v) is 6.81. The maximum Gasteiger partial charge on any atom is 0.226 e. The number of aromatic nitrogens is 2. The Morgan fingerprint density at radius 1 is 1.28 bits per heavy atom. The highest BCUT2D eigenvalue weighted by molar-refractivity contribution is 5.39. The number of nitrogens with one attached hydrogen (secondary N) is 3. The Hall–Kier alpha value is -2.80. The minimum absolute atomic E-state index is 0.0623. The molecule has 1 aromatic heterocycles. The number of hydrogen-bond donors (Lipinski definition) is 3. The molecule has 0 bridgehead atoms. The summed E-state index contributed by atoms with van der Waals surface area (Å²) in [6, 6.07) is 1.75. The van der Waals surface area contributed by atoms with Gasteiger partial charge in [0.15, 0.2) is 0 Å². The van der Waals surface area contributed by atoms with Crippen molar-refractivity contribution < 1.29 is 9.47 Å². The lowest BCUT2D eigenvalue weighted by molar-refractivity contribution is 0.232. The van der Waals surface area contributed by atoms with Crippen LogP contribution in [-0.2, 0) is 4.74 Å². The van der Waals surface area contributed by atoms with E-state index in [1.54, 1.807) is 19.4 Å². The summed E-state index contributed by atoms with van der Waals surface area (Å²) in [5, 5.41) is 3.29. The maximum atomic E-state index is 5.64. The lowest BCUT2D eigenvalue weighted by atomic mass is 10.0. The second-order valence-electron chi connectivity index (χ2n) is 6.81. The van der Waals surface area contributed by atoms with Crippen LogP contribution in [-0.4, -0.2) is 36.8 Å². The molecule has 0 fully saturated rings. The third-order valence-electron chi connectivity index (χ3n) is 4.00. The van der Waals surface area contributed by atoms with Gasteiger partial charge in [-0.15, -0.1) is 0 Å². The first-order chi connectivity index (χ1) is 13.8. The van der Waals surface area contributed by atoms with Crippen molar-refractivity contribution in [2.24, 2.45) is 0 Å². The largest absolute Gasteiger partial charge is 0.497 e. The first kappa shape index (κ1) is 24.2. The molecule has 0 spiro atoms. The predicted molar refractivity (Wildman–Crippen MR) is 119 cm³/mol. The van der Waals surface area contributed by atoms with Crippen molar-refractivity contribution in [3.63, 3.8) is 0 Å². The molecule has 0 aliphatic rings. The zero-order chi connectivity index (χ0) is 21.8. The molecule has 0 amide bonds. The maximum absolute atomic E-state index is 5.64. The molecule has 0 aliphatic carbocycles. The summed E-state index contributed by atoms with van der Waals surface area (Å²) in [7, 11) is 3.49. The Labute approximate surface area is 175 Å². The van der Waals surface area contributed by atoms with Gasteiger partial charge in [-0.25, -0.2) is 10.4 Å². The minimum atomic E-state index is 0.0623. The molecule has 0 saturated heterocycles. The van der Waals surface area contributed by atoms with Crippen LogP contribution in [0.2, 0.25) is 0 Å². The average Bonchev–Trinajstić information content (AvgIpc) is 2.67. The molecule has 3 N–H and O–H groups in total. The zero-order valence-corrected chi connectivity index (χ0v) is 18.7. The third-order valence-corrected chi connectivity index (χ3v) is 4.00. The molecule has 7 nitrogen and oxygen atoms in total. The van der Waals surface area contributed by atoms with Gasteiger partial charge >= 0.3 is 0 Å². The van der Waals surface area contributed by atoms with E-state index >= 15 is 0 Å². The number of allylic oxidation sites excluding steroid dienone is 4. The molecule has 0 radical (unpaired) electrons. The summed E-state index contributed by atoms with van der Waals surface area (Å²) in [5.74, 6) is 1.84. The van der Waals surface area contributed by atoms with Crippen molar-refractivity contribution in [3.8, 4) is 5.88 Å². The fourth-order valence-corrected chi connectivity index (χ4v) is 2.57. The zero-order valence-electron chi connectivity index (χ0n) is 18.7. The van der Waals surface area contributed by atoms with E-state index in [0.717, 1.165) is 29.0 Å². The van der Waals surface area contributed by atoms with Crippen molar-refractivity contribution in [2.75, 3.05) is 26.0 Å². The van der Waals surface area contributed by atoms with Crippen molar-refractivity contribution >= 4 is 5.95 Å². The highest BCUT2D eigenvalue weighted by Gasteiger charge is 2.09. The molecule has 0 saturated carbocycles. The molecule has 29 heavy (non-hydrogen) atoms. The van der Waals surface area contributed by atoms with Gasteiger partial charge in [-0.2, -0.15) is 4.98 Å². The number of methoxy groups -OCH3 is 1. The van der Waals surface area contributed by atoms with E-state index in [1.807, 2.05) is 46.9 Å². The van der Waals surface area contributed by atoms with Crippen molar-refractivity contribution in [2.45, 2.75) is 47.1 Å². The first-order valence-electron chi connectivity index (χ1n) is 9.79. The Morgan fingerprint density at radius 3 is 2.55 bits per heavy atom. The molecule has 0 unspecified atom stereocenters. The van der Waals surface area contributed by atoms with Crippen LogP contribution < -0.4 is 20.9 Å². The highest BCUT2D eigenvalue weighted by atomic mass is 16.5. The fourth-order valence-electron chi connectivity index (χ4n) is 2.57. The van der Waals surface area contributed by atoms with E-state index in [2.05, 4.69) is 39.6 Å². The molecular formula is C22H35N5O2. The van der Waals surface area contributed by atoms with Crippen LogP contribution >= 0.6 is 0 Å². The van der Waals surface area contributed by atoms with Gasteiger partial charge in [-0.05, 0) is 56.9 Å². The number of hydrogen-bond acceptors (Lipinski definition) is 7. The molecule has 0 aliphatic heterocycles. The lowest BCUT2D eigenvalue weighted by Crippen LogP contribution is -2.29. The summed E-state index contributed by atoms with van der Waals surface area (Å²) in [6.07, 6.45) is 6.54. The van der Waals surface area contributed by atoms with Crippen LogP contribution in [0.5, 0.6) is 5.88 Å². The summed E-state index contributed by atoms with van der Waals surface area (Å²) in [6.45, 7) is 14.5. The Balaban J connectivity index is 3.07. The van der Waals surface area contributed by atoms with Crippen molar-refractivity contribution in [1.29, 1.82) is 0 Å². The average molecular weight is 402 g/mol. The number of anilines is 1. The summed E-state index contributed by atoms with van der Waals surface area (Å²) in [4.78, 5) is 8.69. The van der Waals surface area contributed by atoms with Crippen LogP contribution in [0.1, 0.15) is 41.0 Å². The molecule has 7 heteroatoms. The van der Waals surface area contributed by atoms with Crippen molar-refractivity contribution in [1.82, 2.24) is 20.8 Å². The quantitative estimate of drug-likeness (QED) is 0.276. The normalized spacial score (nSPS) is 13.1. The van der Waals surface area contributed by atoms with Gasteiger partial charge in [0.2, 0.25) is 11.8 Å². The topological polar surface area (TPSA) is 80.3 Å². The van der Waals surface area contributed by atoms with Gasteiger partial charge in [0.25, 0.3) is 0 Å².